The second-order valence-electron chi connectivity index (χ2n) is 5.20. The van der Waals surface area contributed by atoms with Crippen LogP contribution in [0.4, 0.5) is 5.69 Å². The molecule has 0 atom stereocenters. The Hall–Kier alpha value is -2.41. The summed E-state index contributed by atoms with van der Waals surface area (Å²) in [6, 6.07) is 7.29. The maximum absolute atomic E-state index is 12.4. The van der Waals surface area contributed by atoms with Crippen molar-refractivity contribution in [3.05, 3.63) is 33.9 Å². The number of ether oxygens (including phenoxy) is 2. The molecule has 0 bridgehead atoms. The minimum atomic E-state index is -0.383. The predicted molar refractivity (Wildman–Crippen MR) is 96.7 cm³/mol. The van der Waals surface area contributed by atoms with Gasteiger partial charge in [-0.25, -0.2) is 9.56 Å². The lowest BCUT2D eigenvalue weighted by molar-refractivity contribution is -0.134. The number of thiazole rings is 1. The third-order valence-electron chi connectivity index (χ3n) is 3.36. The van der Waals surface area contributed by atoms with E-state index in [2.05, 4.69) is 4.99 Å². The van der Waals surface area contributed by atoms with Gasteiger partial charge in [-0.1, -0.05) is 25.2 Å². The Morgan fingerprint density at radius 1 is 1.12 bits per heavy atom. The first kappa shape index (κ1) is 18.9. The molecule has 0 N–H and O–H groups in total. The molecule has 0 unspecified atom stereocenters. The number of esters is 1. The van der Waals surface area contributed by atoms with E-state index in [1.54, 1.807) is 20.8 Å². The predicted octanol–water partition coefficient (Wildman–Crippen LogP) is 3.85. The van der Waals surface area contributed by atoms with Gasteiger partial charge in [0.15, 0.2) is 4.80 Å². The van der Waals surface area contributed by atoms with Gasteiger partial charge in [-0.05, 0) is 38.1 Å². The molecule has 1 aromatic carbocycles. The Labute approximate surface area is 150 Å². The maximum atomic E-state index is 12.4. The van der Waals surface area contributed by atoms with Crippen molar-refractivity contribution in [1.82, 2.24) is 4.57 Å². The number of aromatic nitrogens is 1. The highest BCUT2D eigenvalue weighted by Crippen LogP contribution is 2.23. The van der Waals surface area contributed by atoms with Crippen LogP contribution in [0.1, 0.15) is 43.3 Å². The molecule has 25 heavy (non-hydrogen) atoms. The SMILES string of the molecule is CCOc1ccc(N=c2sc(C)c(OC(=O)CC)n2C(=O)CC)cc1. The fraction of sp³-hybridized carbons (Fsp3) is 0.389. The van der Waals surface area contributed by atoms with Crippen molar-refractivity contribution in [2.24, 2.45) is 4.99 Å². The van der Waals surface area contributed by atoms with Crippen molar-refractivity contribution in [2.75, 3.05) is 6.61 Å². The van der Waals surface area contributed by atoms with Crippen LogP contribution in [0.2, 0.25) is 0 Å². The summed E-state index contributed by atoms with van der Waals surface area (Å²) in [5.74, 6) is 0.464. The lowest BCUT2D eigenvalue weighted by atomic mass is 10.3. The van der Waals surface area contributed by atoms with Gasteiger partial charge in [0.2, 0.25) is 11.8 Å². The Morgan fingerprint density at radius 2 is 1.80 bits per heavy atom. The Balaban J connectivity index is 2.50. The smallest absolute Gasteiger partial charge is 0.312 e. The highest BCUT2D eigenvalue weighted by Gasteiger charge is 2.19. The lowest BCUT2D eigenvalue weighted by Crippen LogP contribution is -2.24. The van der Waals surface area contributed by atoms with Crippen molar-refractivity contribution in [1.29, 1.82) is 0 Å². The Bertz CT molecular complexity index is 819. The molecule has 6 nitrogen and oxygen atoms in total. The summed E-state index contributed by atoms with van der Waals surface area (Å²) in [5, 5.41) is 0. The highest BCUT2D eigenvalue weighted by atomic mass is 32.1. The fourth-order valence-corrected chi connectivity index (χ4v) is 3.03. The number of hydrogen-bond donors (Lipinski definition) is 0. The van der Waals surface area contributed by atoms with Gasteiger partial charge < -0.3 is 9.47 Å². The van der Waals surface area contributed by atoms with E-state index in [0.717, 1.165) is 10.6 Å². The van der Waals surface area contributed by atoms with Crippen LogP contribution < -0.4 is 14.3 Å². The molecule has 0 saturated carbocycles. The van der Waals surface area contributed by atoms with Gasteiger partial charge in [0, 0.05) is 12.8 Å². The molecule has 2 aromatic rings. The zero-order chi connectivity index (χ0) is 18.4. The van der Waals surface area contributed by atoms with Crippen LogP contribution in [0.5, 0.6) is 11.6 Å². The molecular formula is C18H22N2O4S. The first-order chi connectivity index (χ1) is 12.0. The lowest BCUT2D eigenvalue weighted by Gasteiger charge is -2.07. The van der Waals surface area contributed by atoms with Gasteiger partial charge in [0.05, 0.1) is 17.2 Å². The van der Waals surface area contributed by atoms with E-state index in [4.69, 9.17) is 9.47 Å². The summed E-state index contributed by atoms with van der Waals surface area (Å²) in [6.45, 7) is 7.79. The normalized spacial score (nSPS) is 11.4. The van der Waals surface area contributed by atoms with Crippen LogP contribution in [0, 0.1) is 6.92 Å². The number of aryl methyl sites for hydroxylation is 1. The molecule has 0 aliphatic heterocycles. The van der Waals surface area contributed by atoms with E-state index in [-0.39, 0.29) is 30.6 Å². The molecule has 0 aliphatic carbocycles. The van der Waals surface area contributed by atoms with Crippen molar-refractivity contribution in [2.45, 2.75) is 40.5 Å². The summed E-state index contributed by atoms with van der Waals surface area (Å²) in [5.41, 5.74) is 0.690. The third-order valence-corrected chi connectivity index (χ3v) is 4.30. The molecule has 0 fully saturated rings. The van der Waals surface area contributed by atoms with Gasteiger partial charge in [-0.15, -0.1) is 0 Å². The average molecular weight is 362 g/mol. The number of nitrogens with zero attached hydrogens (tertiary/aromatic N) is 2. The zero-order valence-electron chi connectivity index (χ0n) is 14.9. The monoisotopic (exact) mass is 362 g/mol. The largest absolute Gasteiger partial charge is 0.494 e. The molecular weight excluding hydrogens is 340 g/mol. The van der Waals surface area contributed by atoms with Crippen LogP contribution >= 0.6 is 11.3 Å². The second-order valence-corrected chi connectivity index (χ2v) is 6.38. The van der Waals surface area contributed by atoms with Crippen LogP contribution in [0.15, 0.2) is 29.3 Å². The number of carbonyl (C=O) groups is 2. The van der Waals surface area contributed by atoms with E-state index < -0.39 is 0 Å². The number of rotatable bonds is 6. The number of benzene rings is 1. The molecule has 0 radical (unpaired) electrons. The van der Waals surface area contributed by atoms with Crippen LogP contribution in [-0.2, 0) is 4.79 Å². The summed E-state index contributed by atoms with van der Waals surface area (Å²) < 4.78 is 12.1. The van der Waals surface area contributed by atoms with Gasteiger partial charge in [-0.3, -0.25) is 9.59 Å². The maximum Gasteiger partial charge on any atom is 0.312 e. The molecule has 0 amide bonds. The molecule has 1 heterocycles. The average Bonchev–Trinajstić information content (AvgIpc) is 2.91. The topological polar surface area (TPSA) is 69.9 Å². The van der Waals surface area contributed by atoms with Gasteiger partial charge in [0.25, 0.3) is 0 Å². The van der Waals surface area contributed by atoms with Gasteiger partial charge >= 0.3 is 5.97 Å². The van der Waals surface area contributed by atoms with Crippen LogP contribution in [0.3, 0.4) is 0 Å². The first-order valence-corrected chi connectivity index (χ1v) is 9.05. The molecule has 2 rings (SSSR count). The Kier molecular flexibility index (Phi) is 6.52. The van der Waals surface area contributed by atoms with E-state index in [0.29, 0.717) is 17.1 Å². The van der Waals surface area contributed by atoms with E-state index >= 15 is 0 Å². The van der Waals surface area contributed by atoms with Gasteiger partial charge in [-0.2, -0.15) is 0 Å². The summed E-state index contributed by atoms with van der Waals surface area (Å²) in [4.78, 5) is 29.8. The minimum Gasteiger partial charge on any atom is -0.494 e. The van der Waals surface area contributed by atoms with E-state index in [1.807, 2.05) is 31.2 Å². The summed E-state index contributed by atoms with van der Waals surface area (Å²) in [7, 11) is 0. The van der Waals surface area contributed by atoms with Crippen molar-refractivity contribution in [3.63, 3.8) is 0 Å². The highest BCUT2D eigenvalue weighted by molar-refractivity contribution is 7.09. The van der Waals surface area contributed by atoms with Crippen LogP contribution in [-0.4, -0.2) is 23.1 Å². The minimum absolute atomic E-state index is 0.173. The quantitative estimate of drug-likeness (QED) is 0.732. The van der Waals surface area contributed by atoms with E-state index in [1.165, 1.54) is 15.9 Å². The standard InChI is InChI=1S/C18H22N2O4S/c1-5-15(21)20-17(24-16(22)6-2)12(4)25-18(20)19-13-8-10-14(11-9-13)23-7-3/h8-11H,5-7H2,1-4H3. The molecule has 7 heteroatoms. The van der Waals surface area contributed by atoms with Gasteiger partial charge in [0.1, 0.15) is 5.75 Å². The fourth-order valence-electron chi connectivity index (χ4n) is 2.11. The van der Waals surface area contributed by atoms with Crippen molar-refractivity contribution in [3.8, 4) is 11.6 Å². The Morgan fingerprint density at radius 3 is 2.36 bits per heavy atom. The summed E-state index contributed by atoms with van der Waals surface area (Å²) in [6.07, 6.45) is 0.518. The number of carbonyl (C=O) groups excluding carboxylic acids is 2. The first-order valence-electron chi connectivity index (χ1n) is 8.24. The third kappa shape index (κ3) is 4.57. The van der Waals surface area contributed by atoms with Crippen LogP contribution in [0.25, 0.3) is 0 Å². The number of hydrogen-bond acceptors (Lipinski definition) is 6. The second kappa shape index (κ2) is 8.62. The molecule has 134 valence electrons. The van der Waals surface area contributed by atoms with E-state index in [9.17, 15) is 9.59 Å². The summed E-state index contributed by atoms with van der Waals surface area (Å²) >= 11 is 1.31. The van der Waals surface area contributed by atoms with Crippen molar-refractivity contribution >= 4 is 28.9 Å². The molecule has 0 spiro atoms. The molecule has 0 saturated heterocycles. The molecule has 0 aliphatic rings. The zero-order valence-corrected chi connectivity index (χ0v) is 15.7. The van der Waals surface area contributed by atoms with Crippen molar-refractivity contribution < 1.29 is 19.1 Å². The molecule has 1 aromatic heterocycles.